The average Bonchev–Trinajstić information content (AvgIpc) is 2.96. The van der Waals surface area contributed by atoms with Crippen LogP contribution < -0.4 is 0 Å². The molecule has 1 aliphatic carbocycles. The Morgan fingerprint density at radius 2 is 2.05 bits per heavy atom. The highest BCUT2D eigenvalue weighted by atomic mass is 16.4. The second kappa shape index (κ2) is 4.40. The first-order chi connectivity index (χ1) is 9.08. The summed E-state index contributed by atoms with van der Waals surface area (Å²) in [6.45, 7) is 2.75. The van der Waals surface area contributed by atoms with Gasteiger partial charge in [0.15, 0.2) is 0 Å². The predicted octanol–water partition coefficient (Wildman–Crippen LogP) is 1.62. The summed E-state index contributed by atoms with van der Waals surface area (Å²) in [5, 5.41) is 9.12. The van der Waals surface area contributed by atoms with Crippen molar-refractivity contribution in [2.45, 2.75) is 25.8 Å². The zero-order valence-electron chi connectivity index (χ0n) is 11.0. The van der Waals surface area contributed by atoms with Gasteiger partial charge in [0, 0.05) is 25.3 Å². The summed E-state index contributed by atoms with van der Waals surface area (Å²) in [6.07, 6.45) is 4.20. The quantitative estimate of drug-likeness (QED) is 0.900. The van der Waals surface area contributed by atoms with Crippen LogP contribution in [0.2, 0.25) is 0 Å². The van der Waals surface area contributed by atoms with Gasteiger partial charge >= 0.3 is 5.97 Å². The molecule has 1 saturated carbocycles. The highest BCUT2D eigenvalue weighted by molar-refractivity contribution is 5.93. The monoisotopic (exact) mass is 262 g/mol. The van der Waals surface area contributed by atoms with E-state index in [0.29, 0.717) is 24.8 Å². The third-order valence-corrected chi connectivity index (χ3v) is 4.16. The molecule has 19 heavy (non-hydrogen) atoms. The molecule has 1 aromatic rings. The van der Waals surface area contributed by atoms with Crippen molar-refractivity contribution in [2.75, 3.05) is 13.1 Å². The molecule has 0 spiro atoms. The largest absolute Gasteiger partial charge is 0.481 e. The van der Waals surface area contributed by atoms with Gasteiger partial charge in [-0.3, -0.25) is 9.59 Å². The summed E-state index contributed by atoms with van der Waals surface area (Å²) in [5.74, 6) is -1.26. The molecular weight excluding hydrogens is 244 g/mol. The van der Waals surface area contributed by atoms with E-state index >= 15 is 0 Å². The number of hydrogen-bond donors (Lipinski definition) is 1. The molecule has 102 valence electrons. The third kappa shape index (κ3) is 2.13. The Morgan fingerprint density at radius 3 is 2.63 bits per heavy atom. The van der Waals surface area contributed by atoms with Gasteiger partial charge in [-0.1, -0.05) is 6.92 Å². The first-order valence-corrected chi connectivity index (χ1v) is 6.77. The molecule has 1 aliphatic heterocycles. The fourth-order valence-corrected chi connectivity index (χ4v) is 2.86. The van der Waals surface area contributed by atoms with Crippen LogP contribution in [0.5, 0.6) is 0 Å². The predicted molar refractivity (Wildman–Crippen MR) is 68.9 cm³/mol. The number of nitrogens with zero attached hydrogens (tertiary/aromatic N) is 2. The summed E-state index contributed by atoms with van der Waals surface area (Å²) < 4.78 is 2.03. The van der Waals surface area contributed by atoms with E-state index in [1.165, 1.54) is 0 Å². The number of aliphatic carboxylic acids is 1. The molecule has 1 saturated heterocycles. The fourth-order valence-electron chi connectivity index (χ4n) is 2.86. The van der Waals surface area contributed by atoms with Gasteiger partial charge in [0.2, 0.25) is 0 Å². The Kier molecular flexibility index (Phi) is 2.84. The van der Waals surface area contributed by atoms with Gasteiger partial charge < -0.3 is 14.6 Å². The minimum atomic E-state index is -0.805. The van der Waals surface area contributed by atoms with Crippen LogP contribution in [0.25, 0.3) is 0 Å². The summed E-state index contributed by atoms with van der Waals surface area (Å²) in [5.41, 5.74) is 0.695. The standard InChI is InChI=1S/C14H18N2O3/c1-9-7-15(8-11(9)14(18)19)13(17)12-3-2-6-16(12)10-4-5-10/h2-3,6,9-11H,4-5,7-8H2,1H3,(H,18,19). The molecule has 0 aromatic carbocycles. The molecule has 2 heterocycles. The molecular formula is C14H18N2O3. The van der Waals surface area contributed by atoms with Crippen LogP contribution in [0.1, 0.15) is 36.3 Å². The number of aromatic nitrogens is 1. The Morgan fingerprint density at radius 1 is 1.32 bits per heavy atom. The van der Waals surface area contributed by atoms with Crippen molar-refractivity contribution in [3.63, 3.8) is 0 Å². The van der Waals surface area contributed by atoms with Gasteiger partial charge in [-0.2, -0.15) is 0 Å². The average molecular weight is 262 g/mol. The van der Waals surface area contributed by atoms with Crippen LogP contribution in [0, 0.1) is 11.8 Å². The minimum absolute atomic E-state index is 0.0192. The van der Waals surface area contributed by atoms with Crippen LogP contribution >= 0.6 is 0 Å². The maximum absolute atomic E-state index is 12.5. The van der Waals surface area contributed by atoms with E-state index in [0.717, 1.165) is 12.8 Å². The van der Waals surface area contributed by atoms with Gasteiger partial charge in [-0.05, 0) is 30.9 Å². The molecule has 2 aliphatic rings. The van der Waals surface area contributed by atoms with Crippen LogP contribution in [0.4, 0.5) is 0 Å². The molecule has 0 radical (unpaired) electrons. The van der Waals surface area contributed by atoms with Crippen LogP contribution in [-0.2, 0) is 4.79 Å². The van der Waals surface area contributed by atoms with Crippen LogP contribution in [0.15, 0.2) is 18.3 Å². The SMILES string of the molecule is CC1CN(C(=O)c2cccn2C2CC2)CC1C(=O)O. The van der Waals surface area contributed by atoms with Gasteiger partial charge in [0.25, 0.3) is 5.91 Å². The molecule has 5 nitrogen and oxygen atoms in total. The van der Waals surface area contributed by atoms with Crippen molar-refractivity contribution in [2.24, 2.45) is 11.8 Å². The molecule has 2 atom stereocenters. The minimum Gasteiger partial charge on any atom is -0.481 e. The third-order valence-electron chi connectivity index (χ3n) is 4.16. The Hall–Kier alpha value is -1.78. The van der Waals surface area contributed by atoms with E-state index in [-0.39, 0.29) is 11.8 Å². The first-order valence-electron chi connectivity index (χ1n) is 6.77. The number of likely N-dealkylation sites (tertiary alicyclic amines) is 1. The second-order valence-electron chi connectivity index (χ2n) is 5.66. The number of carbonyl (C=O) groups excluding carboxylic acids is 1. The van der Waals surface area contributed by atoms with E-state index in [4.69, 9.17) is 5.11 Å². The molecule has 2 fully saturated rings. The first kappa shape index (κ1) is 12.3. The Balaban J connectivity index is 1.77. The van der Waals surface area contributed by atoms with Crippen molar-refractivity contribution in [1.29, 1.82) is 0 Å². The van der Waals surface area contributed by atoms with Crippen LogP contribution in [-0.4, -0.2) is 39.5 Å². The van der Waals surface area contributed by atoms with Crippen molar-refractivity contribution in [3.8, 4) is 0 Å². The highest BCUT2D eigenvalue weighted by Crippen LogP contribution is 2.36. The number of carboxylic acids is 1. The van der Waals surface area contributed by atoms with E-state index in [2.05, 4.69) is 0 Å². The van der Waals surface area contributed by atoms with Gasteiger partial charge in [0.1, 0.15) is 5.69 Å². The molecule has 5 heteroatoms. The van der Waals surface area contributed by atoms with E-state index < -0.39 is 11.9 Å². The fraction of sp³-hybridized carbons (Fsp3) is 0.571. The number of carbonyl (C=O) groups is 2. The maximum atomic E-state index is 12.5. The zero-order valence-corrected chi connectivity index (χ0v) is 11.0. The molecule has 2 unspecified atom stereocenters. The lowest BCUT2D eigenvalue weighted by Gasteiger charge is -2.17. The van der Waals surface area contributed by atoms with E-state index in [1.807, 2.05) is 29.8 Å². The van der Waals surface area contributed by atoms with Crippen molar-refractivity contribution in [3.05, 3.63) is 24.0 Å². The Labute approximate surface area is 111 Å². The second-order valence-corrected chi connectivity index (χ2v) is 5.66. The Bertz CT molecular complexity index is 519. The summed E-state index contributed by atoms with van der Waals surface area (Å²) in [7, 11) is 0. The molecule has 3 rings (SSSR count). The lowest BCUT2D eigenvalue weighted by atomic mass is 9.99. The van der Waals surface area contributed by atoms with Crippen LogP contribution in [0.3, 0.4) is 0 Å². The van der Waals surface area contributed by atoms with Gasteiger partial charge in [0.05, 0.1) is 5.92 Å². The molecule has 1 aromatic heterocycles. The van der Waals surface area contributed by atoms with Crippen molar-refractivity contribution < 1.29 is 14.7 Å². The van der Waals surface area contributed by atoms with E-state index in [9.17, 15) is 9.59 Å². The number of hydrogen-bond acceptors (Lipinski definition) is 2. The summed E-state index contributed by atoms with van der Waals surface area (Å²) in [6, 6.07) is 4.18. The maximum Gasteiger partial charge on any atom is 0.308 e. The lowest BCUT2D eigenvalue weighted by molar-refractivity contribution is -0.142. The topological polar surface area (TPSA) is 62.5 Å². The van der Waals surface area contributed by atoms with Crippen molar-refractivity contribution >= 4 is 11.9 Å². The van der Waals surface area contributed by atoms with Gasteiger partial charge in [-0.15, -0.1) is 0 Å². The summed E-state index contributed by atoms with van der Waals surface area (Å²) >= 11 is 0. The van der Waals surface area contributed by atoms with Gasteiger partial charge in [-0.25, -0.2) is 0 Å². The number of amides is 1. The lowest BCUT2D eigenvalue weighted by Crippen LogP contribution is -2.31. The number of rotatable bonds is 3. The smallest absolute Gasteiger partial charge is 0.308 e. The normalized spacial score (nSPS) is 26.7. The summed E-state index contributed by atoms with van der Waals surface area (Å²) in [4.78, 5) is 25.3. The molecule has 1 amide bonds. The van der Waals surface area contributed by atoms with E-state index in [1.54, 1.807) is 4.90 Å². The molecule has 1 N–H and O–H groups in total. The molecule has 0 bridgehead atoms. The number of carboxylic acid groups (broad SMARTS) is 1. The zero-order chi connectivity index (χ0) is 13.6. The van der Waals surface area contributed by atoms with Crippen molar-refractivity contribution in [1.82, 2.24) is 9.47 Å². The highest BCUT2D eigenvalue weighted by Gasteiger charge is 2.38.